The third-order valence-corrected chi connectivity index (χ3v) is 4.78. The fraction of sp³-hybridized carbons (Fsp3) is 0.462. The van der Waals surface area contributed by atoms with Crippen LogP contribution in [0, 0.1) is 6.92 Å². The van der Waals surface area contributed by atoms with E-state index in [1.54, 1.807) is 19.1 Å². The van der Waals surface area contributed by atoms with Crippen LogP contribution in [0.5, 0.6) is 0 Å². The zero-order valence-electron chi connectivity index (χ0n) is 11.3. The molecule has 0 spiro atoms. The van der Waals surface area contributed by atoms with Gasteiger partial charge in [0.15, 0.2) is 0 Å². The van der Waals surface area contributed by atoms with Crippen molar-refractivity contribution >= 4 is 21.6 Å². The van der Waals surface area contributed by atoms with E-state index in [9.17, 15) is 13.2 Å². The predicted octanol–water partition coefficient (Wildman–Crippen LogP) is 0.852. The highest BCUT2D eigenvalue weighted by Crippen LogP contribution is 2.32. The summed E-state index contributed by atoms with van der Waals surface area (Å²) in [5.74, 6) is -0.207. The summed E-state index contributed by atoms with van der Waals surface area (Å²) in [6.45, 7) is 1.61. The number of nitrogens with two attached hydrogens (primary N) is 2. The summed E-state index contributed by atoms with van der Waals surface area (Å²) in [6.07, 6.45) is 2.98. The van der Waals surface area contributed by atoms with E-state index >= 15 is 0 Å². The number of carbonyl (C=O) groups excluding carboxylic acids is 1. The number of nitrogens with one attached hydrogen (secondary N) is 1. The molecule has 110 valence electrons. The summed E-state index contributed by atoms with van der Waals surface area (Å²) >= 11 is 0. The number of amides is 1. The molecule has 0 aromatic heterocycles. The third kappa shape index (κ3) is 3.17. The molecule has 0 saturated heterocycles. The highest BCUT2D eigenvalue weighted by molar-refractivity contribution is 7.89. The lowest BCUT2D eigenvalue weighted by Gasteiger charge is -2.37. The highest BCUT2D eigenvalue weighted by atomic mass is 32.2. The first kappa shape index (κ1) is 15.0. The standard InChI is InChI=1S/C13H19N3O3S/c1-9-10(4-2-5-11(9)20(15,18)19)16-12(17)8-13(14)6-3-7-13/h2,4-5H,3,6-8,14H2,1H3,(H,16,17)(H2,15,18,19). The molecule has 5 N–H and O–H groups in total. The Morgan fingerprint density at radius 1 is 1.40 bits per heavy atom. The Morgan fingerprint density at radius 3 is 2.55 bits per heavy atom. The maximum Gasteiger partial charge on any atom is 0.238 e. The molecule has 1 amide bonds. The van der Waals surface area contributed by atoms with Gasteiger partial charge in [0, 0.05) is 17.6 Å². The first-order chi connectivity index (χ1) is 9.21. The maximum absolute atomic E-state index is 12.0. The molecule has 2 rings (SSSR count). The molecule has 1 aliphatic rings. The molecular formula is C13H19N3O3S. The van der Waals surface area contributed by atoms with Crippen molar-refractivity contribution in [2.45, 2.75) is 43.0 Å². The normalized spacial score (nSPS) is 17.4. The average Bonchev–Trinajstić information content (AvgIpc) is 2.28. The molecule has 1 fully saturated rings. The Bertz CT molecular complexity index is 636. The van der Waals surface area contributed by atoms with Crippen LogP contribution in [-0.2, 0) is 14.8 Å². The summed E-state index contributed by atoms with van der Waals surface area (Å²) in [7, 11) is -3.80. The molecule has 20 heavy (non-hydrogen) atoms. The smallest absolute Gasteiger partial charge is 0.238 e. The van der Waals surface area contributed by atoms with Crippen molar-refractivity contribution in [3.8, 4) is 0 Å². The fourth-order valence-electron chi connectivity index (χ4n) is 2.38. The van der Waals surface area contributed by atoms with E-state index in [1.165, 1.54) is 6.07 Å². The van der Waals surface area contributed by atoms with Gasteiger partial charge in [-0.25, -0.2) is 13.6 Å². The summed E-state index contributed by atoms with van der Waals surface area (Å²) in [4.78, 5) is 12.0. The summed E-state index contributed by atoms with van der Waals surface area (Å²) in [5, 5.41) is 7.84. The number of hydrogen-bond donors (Lipinski definition) is 3. The van der Waals surface area contributed by atoms with Gasteiger partial charge < -0.3 is 11.1 Å². The van der Waals surface area contributed by atoms with Gasteiger partial charge in [0.2, 0.25) is 15.9 Å². The minimum absolute atomic E-state index is 0.0152. The fourth-order valence-corrected chi connectivity index (χ4v) is 3.18. The van der Waals surface area contributed by atoms with Crippen LogP contribution < -0.4 is 16.2 Å². The quantitative estimate of drug-likeness (QED) is 0.764. The molecule has 6 nitrogen and oxygen atoms in total. The molecule has 0 bridgehead atoms. The summed E-state index contributed by atoms with van der Waals surface area (Å²) in [6, 6.07) is 4.60. The van der Waals surface area contributed by atoms with Crippen molar-refractivity contribution in [2.75, 3.05) is 5.32 Å². The van der Waals surface area contributed by atoms with Crippen LogP contribution in [-0.4, -0.2) is 19.9 Å². The molecule has 0 radical (unpaired) electrons. The second kappa shape index (κ2) is 5.16. The second-order valence-corrected chi connectivity index (χ2v) is 6.94. The van der Waals surface area contributed by atoms with Gasteiger partial charge in [0.25, 0.3) is 0 Å². The monoisotopic (exact) mass is 297 g/mol. The summed E-state index contributed by atoms with van der Waals surface area (Å²) in [5.41, 5.74) is 6.49. The van der Waals surface area contributed by atoms with Crippen molar-refractivity contribution in [1.82, 2.24) is 0 Å². The van der Waals surface area contributed by atoms with E-state index in [4.69, 9.17) is 10.9 Å². The van der Waals surface area contributed by atoms with E-state index in [2.05, 4.69) is 5.32 Å². The molecule has 0 heterocycles. The van der Waals surface area contributed by atoms with Gasteiger partial charge in [0.05, 0.1) is 4.90 Å². The number of carbonyl (C=O) groups is 1. The maximum atomic E-state index is 12.0. The first-order valence-corrected chi connectivity index (χ1v) is 7.97. The second-order valence-electron chi connectivity index (χ2n) is 5.41. The Balaban J connectivity index is 2.16. The average molecular weight is 297 g/mol. The van der Waals surface area contributed by atoms with E-state index in [0.29, 0.717) is 11.3 Å². The van der Waals surface area contributed by atoms with Crippen molar-refractivity contribution in [2.24, 2.45) is 10.9 Å². The number of hydrogen-bond acceptors (Lipinski definition) is 4. The van der Waals surface area contributed by atoms with E-state index in [-0.39, 0.29) is 17.2 Å². The van der Waals surface area contributed by atoms with Crippen LogP contribution in [0.4, 0.5) is 5.69 Å². The Morgan fingerprint density at radius 2 is 2.05 bits per heavy atom. The highest BCUT2D eigenvalue weighted by Gasteiger charge is 2.34. The van der Waals surface area contributed by atoms with Gasteiger partial charge in [-0.1, -0.05) is 6.07 Å². The van der Waals surface area contributed by atoms with Crippen LogP contribution >= 0.6 is 0 Å². The SMILES string of the molecule is Cc1c(NC(=O)CC2(N)CCC2)cccc1S(N)(=O)=O. The van der Waals surface area contributed by atoms with Crippen LogP contribution in [0.2, 0.25) is 0 Å². The van der Waals surface area contributed by atoms with Crippen LogP contribution in [0.25, 0.3) is 0 Å². The number of benzene rings is 1. The lowest BCUT2D eigenvalue weighted by atomic mass is 9.75. The molecule has 7 heteroatoms. The van der Waals surface area contributed by atoms with Crippen LogP contribution in [0.3, 0.4) is 0 Å². The van der Waals surface area contributed by atoms with Gasteiger partial charge in [-0.2, -0.15) is 0 Å². The molecule has 1 aliphatic carbocycles. The predicted molar refractivity (Wildman–Crippen MR) is 76.6 cm³/mol. The Labute approximate surface area is 118 Å². The molecular weight excluding hydrogens is 278 g/mol. The zero-order valence-corrected chi connectivity index (χ0v) is 12.2. The van der Waals surface area contributed by atoms with Gasteiger partial charge in [-0.05, 0) is 43.9 Å². The van der Waals surface area contributed by atoms with Gasteiger partial charge in [-0.15, -0.1) is 0 Å². The molecule has 0 unspecified atom stereocenters. The van der Waals surface area contributed by atoms with Crippen molar-refractivity contribution in [1.29, 1.82) is 0 Å². The summed E-state index contributed by atoms with van der Waals surface area (Å²) < 4.78 is 22.8. The first-order valence-electron chi connectivity index (χ1n) is 6.42. The number of sulfonamides is 1. The Kier molecular flexibility index (Phi) is 3.86. The lowest BCUT2D eigenvalue weighted by Crippen LogP contribution is -2.48. The third-order valence-electron chi connectivity index (χ3n) is 3.73. The largest absolute Gasteiger partial charge is 0.326 e. The molecule has 0 atom stereocenters. The van der Waals surface area contributed by atoms with Crippen molar-refractivity contribution < 1.29 is 13.2 Å². The minimum Gasteiger partial charge on any atom is -0.326 e. The number of rotatable bonds is 4. The van der Waals surface area contributed by atoms with E-state index in [1.807, 2.05) is 0 Å². The molecule has 1 aromatic carbocycles. The van der Waals surface area contributed by atoms with Gasteiger partial charge in [0.1, 0.15) is 0 Å². The lowest BCUT2D eigenvalue weighted by molar-refractivity contribution is -0.118. The molecule has 1 aromatic rings. The number of primary sulfonamides is 1. The van der Waals surface area contributed by atoms with E-state index < -0.39 is 15.6 Å². The zero-order chi connectivity index (χ0) is 15.0. The van der Waals surface area contributed by atoms with Gasteiger partial charge in [-0.3, -0.25) is 4.79 Å². The molecule has 1 saturated carbocycles. The van der Waals surface area contributed by atoms with E-state index in [0.717, 1.165) is 19.3 Å². The van der Waals surface area contributed by atoms with Crippen molar-refractivity contribution in [3.63, 3.8) is 0 Å². The topological polar surface area (TPSA) is 115 Å². The van der Waals surface area contributed by atoms with Crippen molar-refractivity contribution in [3.05, 3.63) is 23.8 Å². The minimum atomic E-state index is -3.80. The Hall–Kier alpha value is -1.44. The van der Waals surface area contributed by atoms with Crippen LogP contribution in [0.1, 0.15) is 31.2 Å². The molecule has 0 aliphatic heterocycles. The number of anilines is 1. The van der Waals surface area contributed by atoms with Crippen LogP contribution in [0.15, 0.2) is 23.1 Å². The van der Waals surface area contributed by atoms with Gasteiger partial charge >= 0.3 is 0 Å².